The zero-order valence-electron chi connectivity index (χ0n) is 14.4. The van der Waals surface area contributed by atoms with Crippen LogP contribution in [0.4, 0.5) is 0 Å². The Hall–Kier alpha value is -3.15. The Morgan fingerprint density at radius 2 is 1.50 bits per heavy atom. The summed E-state index contributed by atoms with van der Waals surface area (Å²) in [6.45, 7) is 0.0643. The van der Waals surface area contributed by atoms with Gasteiger partial charge in [0.15, 0.2) is 0 Å². The van der Waals surface area contributed by atoms with Crippen molar-refractivity contribution in [2.75, 3.05) is 0 Å². The second-order valence-electron chi connectivity index (χ2n) is 5.87. The summed E-state index contributed by atoms with van der Waals surface area (Å²) < 4.78 is 5.19. The number of rotatable bonds is 9. The summed E-state index contributed by atoms with van der Waals surface area (Å²) in [6.07, 6.45) is 0.435. The lowest BCUT2D eigenvalue weighted by atomic mass is 10.1. The number of hydrogen-bond acceptors (Lipinski definition) is 4. The van der Waals surface area contributed by atoms with Crippen LogP contribution in [0.15, 0.2) is 60.7 Å². The first kappa shape index (κ1) is 19.2. The predicted octanol–water partition coefficient (Wildman–Crippen LogP) is 1.72. The molecule has 2 aromatic carbocycles. The molecule has 0 heterocycles. The van der Waals surface area contributed by atoms with Crippen LogP contribution < -0.4 is 11.1 Å². The summed E-state index contributed by atoms with van der Waals surface area (Å²) in [5.41, 5.74) is 7.01. The van der Waals surface area contributed by atoms with Crippen molar-refractivity contribution >= 4 is 17.8 Å². The maximum Gasteiger partial charge on any atom is 0.329 e. The molecule has 2 aromatic rings. The van der Waals surface area contributed by atoms with E-state index in [1.54, 1.807) is 0 Å². The van der Waals surface area contributed by atoms with E-state index < -0.39 is 17.9 Å². The Morgan fingerprint density at radius 1 is 0.923 bits per heavy atom. The zero-order valence-corrected chi connectivity index (χ0v) is 14.4. The van der Waals surface area contributed by atoms with Crippen molar-refractivity contribution in [3.63, 3.8) is 0 Å². The Labute approximate surface area is 152 Å². The van der Waals surface area contributed by atoms with Crippen LogP contribution in [0.5, 0.6) is 0 Å². The second-order valence-corrected chi connectivity index (χ2v) is 5.87. The van der Waals surface area contributed by atoms with Gasteiger partial charge < -0.3 is 15.8 Å². The number of nitrogens with one attached hydrogen (secondary N) is 1. The Bertz CT molecular complexity index is 732. The van der Waals surface area contributed by atoms with Crippen molar-refractivity contribution in [3.05, 3.63) is 71.8 Å². The van der Waals surface area contributed by atoms with Crippen molar-refractivity contribution in [2.24, 2.45) is 5.73 Å². The summed E-state index contributed by atoms with van der Waals surface area (Å²) in [5.74, 6) is -1.70. The fourth-order valence-corrected chi connectivity index (χ4v) is 2.39. The van der Waals surface area contributed by atoms with E-state index in [1.807, 2.05) is 60.7 Å². The molecule has 3 N–H and O–H groups in total. The van der Waals surface area contributed by atoms with Crippen LogP contribution in [0, 0.1) is 0 Å². The highest BCUT2D eigenvalue weighted by atomic mass is 16.5. The lowest BCUT2D eigenvalue weighted by Crippen LogP contribution is -2.44. The molecule has 0 aliphatic heterocycles. The Kier molecular flexibility index (Phi) is 7.36. The molecular formula is C20H22N2O4. The summed E-state index contributed by atoms with van der Waals surface area (Å²) in [6, 6.07) is 17.6. The lowest BCUT2D eigenvalue weighted by Gasteiger charge is -2.16. The number of ether oxygens (including phenoxy) is 1. The normalized spacial score (nSPS) is 11.4. The quantitative estimate of drug-likeness (QED) is 0.670. The molecule has 2 rings (SSSR count). The van der Waals surface area contributed by atoms with E-state index in [0.717, 1.165) is 11.1 Å². The average molecular weight is 354 g/mol. The molecule has 0 unspecified atom stereocenters. The van der Waals surface area contributed by atoms with Crippen LogP contribution in [0.25, 0.3) is 0 Å². The molecular weight excluding hydrogens is 332 g/mol. The van der Waals surface area contributed by atoms with E-state index in [2.05, 4.69) is 5.32 Å². The summed E-state index contributed by atoms with van der Waals surface area (Å²) in [7, 11) is 0. The van der Waals surface area contributed by atoms with Crippen LogP contribution in [-0.2, 0) is 32.1 Å². The van der Waals surface area contributed by atoms with E-state index in [1.165, 1.54) is 0 Å². The number of amides is 2. The molecule has 136 valence electrons. The minimum Gasteiger partial charge on any atom is -0.459 e. The third kappa shape index (κ3) is 6.76. The molecule has 1 atom stereocenters. The fourth-order valence-electron chi connectivity index (χ4n) is 2.39. The number of esters is 1. The molecule has 26 heavy (non-hydrogen) atoms. The fraction of sp³-hybridized carbons (Fsp3) is 0.250. The largest absolute Gasteiger partial charge is 0.459 e. The second kappa shape index (κ2) is 9.98. The molecule has 0 fully saturated rings. The molecule has 6 nitrogen and oxygen atoms in total. The van der Waals surface area contributed by atoms with E-state index in [4.69, 9.17) is 10.5 Å². The first-order valence-corrected chi connectivity index (χ1v) is 8.37. The topological polar surface area (TPSA) is 98.5 Å². The molecule has 0 bridgehead atoms. The maximum atomic E-state index is 12.2. The lowest BCUT2D eigenvalue weighted by molar-refractivity contribution is -0.150. The van der Waals surface area contributed by atoms with Gasteiger partial charge in [-0.15, -0.1) is 0 Å². The highest BCUT2D eigenvalue weighted by molar-refractivity contribution is 5.89. The summed E-state index contributed by atoms with van der Waals surface area (Å²) >= 11 is 0. The van der Waals surface area contributed by atoms with Crippen LogP contribution >= 0.6 is 0 Å². The van der Waals surface area contributed by atoms with Gasteiger partial charge in [-0.1, -0.05) is 60.7 Å². The third-order valence-corrected chi connectivity index (χ3v) is 3.73. The maximum absolute atomic E-state index is 12.2. The molecule has 0 saturated carbocycles. The number of aryl methyl sites for hydroxylation is 1. The molecule has 6 heteroatoms. The van der Waals surface area contributed by atoms with E-state index in [9.17, 15) is 14.4 Å². The van der Waals surface area contributed by atoms with E-state index >= 15 is 0 Å². The highest BCUT2D eigenvalue weighted by Gasteiger charge is 2.24. The molecule has 0 aliphatic carbocycles. The smallest absolute Gasteiger partial charge is 0.329 e. The third-order valence-electron chi connectivity index (χ3n) is 3.73. The Balaban J connectivity index is 1.87. The van der Waals surface area contributed by atoms with Crippen LogP contribution in [0.1, 0.15) is 24.0 Å². The van der Waals surface area contributed by atoms with Crippen molar-refractivity contribution in [1.82, 2.24) is 5.32 Å². The number of hydrogen-bond donors (Lipinski definition) is 2. The molecule has 2 amide bonds. The molecule has 0 spiro atoms. The van der Waals surface area contributed by atoms with Gasteiger partial charge in [0.2, 0.25) is 11.8 Å². The number of carbonyl (C=O) groups is 3. The van der Waals surface area contributed by atoms with Crippen molar-refractivity contribution in [2.45, 2.75) is 31.9 Å². The van der Waals surface area contributed by atoms with Gasteiger partial charge in [0.05, 0.1) is 6.42 Å². The number of benzene rings is 2. The predicted molar refractivity (Wildman–Crippen MR) is 96.7 cm³/mol. The van der Waals surface area contributed by atoms with Gasteiger partial charge >= 0.3 is 5.97 Å². The Morgan fingerprint density at radius 3 is 2.08 bits per heavy atom. The van der Waals surface area contributed by atoms with Crippen molar-refractivity contribution < 1.29 is 19.1 Å². The van der Waals surface area contributed by atoms with Gasteiger partial charge in [0.1, 0.15) is 12.6 Å². The van der Waals surface area contributed by atoms with Crippen molar-refractivity contribution in [3.8, 4) is 0 Å². The van der Waals surface area contributed by atoms with Crippen LogP contribution in [0.2, 0.25) is 0 Å². The van der Waals surface area contributed by atoms with E-state index in [0.29, 0.717) is 6.42 Å². The van der Waals surface area contributed by atoms with Crippen LogP contribution in [0.3, 0.4) is 0 Å². The van der Waals surface area contributed by atoms with Gasteiger partial charge in [-0.25, -0.2) is 4.79 Å². The average Bonchev–Trinajstić information content (AvgIpc) is 2.65. The van der Waals surface area contributed by atoms with E-state index in [-0.39, 0.29) is 25.4 Å². The van der Waals surface area contributed by atoms with Crippen LogP contribution in [-0.4, -0.2) is 23.8 Å². The van der Waals surface area contributed by atoms with Gasteiger partial charge in [-0.2, -0.15) is 0 Å². The first-order valence-electron chi connectivity index (χ1n) is 8.37. The summed E-state index contributed by atoms with van der Waals surface area (Å²) in [4.78, 5) is 35.5. The molecule has 0 saturated heterocycles. The number of carbonyl (C=O) groups excluding carboxylic acids is 3. The van der Waals surface area contributed by atoms with Crippen molar-refractivity contribution in [1.29, 1.82) is 0 Å². The SMILES string of the molecule is NC(=O)C[C@H](NC(=O)CCc1ccccc1)C(=O)OCc1ccccc1. The standard InChI is InChI=1S/C20H22N2O4/c21-18(23)13-17(20(25)26-14-16-9-5-2-6-10-16)22-19(24)12-11-15-7-3-1-4-8-15/h1-10,17H,11-14H2,(H2,21,23)(H,22,24)/t17-/m0/s1. The first-order chi connectivity index (χ1) is 12.5. The minimum atomic E-state index is -1.08. The minimum absolute atomic E-state index is 0.0643. The molecule has 0 radical (unpaired) electrons. The zero-order chi connectivity index (χ0) is 18.8. The van der Waals surface area contributed by atoms with Gasteiger partial charge in [0.25, 0.3) is 0 Å². The highest BCUT2D eigenvalue weighted by Crippen LogP contribution is 2.06. The van der Waals surface area contributed by atoms with Gasteiger partial charge in [0, 0.05) is 6.42 Å². The van der Waals surface area contributed by atoms with Gasteiger partial charge in [-0.3, -0.25) is 9.59 Å². The molecule has 0 aromatic heterocycles. The number of nitrogens with two attached hydrogens (primary N) is 1. The molecule has 0 aliphatic rings. The van der Waals surface area contributed by atoms with Gasteiger partial charge in [-0.05, 0) is 17.5 Å². The number of primary amides is 1. The summed E-state index contributed by atoms with van der Waals surface area (Å²) in [5, 5.41) is 2.54. The monoisotopic (exact) mass is 354 g/mol.